The highest BCUT2D eigenvalue weighted by Crippen LogP contribution is 2.30. The van der Waals surface area contributed by atoms with Crippen LogP contribution in [0.1, 0.15) is 74.9 Å². The smallest absolute Gasteiger partial charge is 0.242 e. The summed E-state index contributed by atoms with van der Waals surface area (Å²) in [6.45, 7) is 5.15. The van der Waals surface area contributed by atoms with E-state index in [1.54, 1.807) is 0 Å². The number of aryl methyl sites for hydroxylation is 1. The summed E-state index contributed by atoms with van der Waals surface area (Å²) in [6.07, 6.45) is 4.91. The van der Waals surface area contributed by atoms with E-state index in [0.717, 1.165) is 43.5 Å². The van der Waals surface area contributed by atoms with Crippen LogP contribution in [-0.4, -0.2) is 91.4 Å². The van der Waals surface area contributed by atoms with Gasteiger partial charge in [-0.1, -0.05) is 37.3 Å². The van der Waals surface area contributed by atoms with Gasteiger partial charge in [0.2, 0.25) is 35.4 Å². The lowest BCUT2D eigenvalue weighted by molar-refractivity contribution is -0.129. The van der Waals surface area contributed by atoms with E-state index in [1.165, 1.54) is 23.1 Å². The van der Waals surface area contributed by atoms with Gasteiger partial charge in [0.15, 0.2) is 5.13 Å². The third-order valence-corrected chi connectivity index (χ3v) is 9.14. The highest BCUT2D eigenvalue weighted by atomic mass is 32.1. The summed E-state index contributed by atoms with van der Waals surface area (Å²) in [4.78, 5) is 78.9. The van der Waals surface area contributed by atoms with Gasteiger partial charge in [-0.05, 0) is 51.1 Å². The summed E-state index contributed by atoms with van der Waals surface area (Å²) in [6, 6.07) is 8.02. The van der Waals surface area contributed by atoms with Gasteiger partial charge in [0.1, 0.15) is 12.1 Å². The molecule has 15 nitrogen and oxygen atoms in total. The van der Waals surface area contributed by atoms with Gasteiger partial charge < -0.3 is 42.4 Å². The first-order valence-electron chi connectivity index (χ1n) is 17.6. The Hall–Kier alpha value is -4.41. The number of fused-ring (bicyclic) bond motifs is 1. The van der Waals surface area contributed by atoms with Crippen molar-refractivity contribution in [3.05, 3.63) is 46.5 Å². The summed E-state index contributed by atoms with van der Waals surface area (Å²) < 4.78 is 5.40. The van der Waals surface area contributed by atoms with Gasteiger partial charge in [-0.2, -0.15) is 0 Å². The van der Waals surface area contributed by atoms with Crippen LogP contribution < -0.4 is 37.6 Å². The molecular formula is C35H52N8O7S. The van der Waals surface area contributed by atoms with Crippen molar-refractivity contribution in [2.45, 2.75) is 96.2 Å². The highest BCUT2D eigenvalue weighted by Gasteiger charge is 2.23. The van der Waals surface area contributed by atoms with Crippen LogP contribution in [0.15, 0.2) is 30.3 Å². The third-order valence-electron chi connectivity index (χ3n) is 8.10. The van der Waals surface area contributed by atoms with E-state index in [-0.39, 0.29) is 76.1 Å². The van der Waals surface area contributed by atoms with Crippen molar-refractivity contribution in [2.75, 3.05) is 38.2 Å². The number of rotatable bonds is 23. The minimum Gasteiger partial charge on any atom is -0.379 e. The number of nitrogens with two attached hydrogens (primary N) is 1. The Morgan fingerprint density at radius 3 is 2.39 bits per heavy atom. The van der Waals surface area contributed by atoms with E-state index in [2.05, 4.69) is 43.8 Å². The number of amides is 6. The second-order valence-corrected chi connectivity index (χ2v) is 13.5. The second kappa shape index (κ2) is 22.4. The summed E-state index contributed by atoms with van der Waals surface area (Å²) in [5, 5.41) is 17.5. The van der Waals surface area contributed by atoms with Crippen molar-refractivity contribution in [3.63, 3.8) is 0 Å². The van der Waals surface area contributed by atoms with Crippen molar-refractivity contribution in [3.8, 4) is 0 Å². The topological polar surface area (TPSA) is 223 Å². The summed E-state index contributed by atoms with van der Waals surface area (Å²) in [5.41, 5.74) is 7.36. The summed E-state index contributed by atoms with van der Waals surface area (Å²) >= 11 is 1.52. The van der Waals surface area contributed by atoms with Crippen LogP contribution in [0.3, 0.4) is 0 Å². The number of nitrogens with one attached hydrogen (secondary N) is 6. The molecule has 3 atom stereocenters. The molecule has 8 N–H and O–H groups in total. The molecular weight excluding hydrogens is 677 g/mol. The van der Waals surface area contributed by atoms with Gasteiger partial charge in [-0.15, -0.1) is 11.3 Å². The average Bonchev–Trinajstić information content (AvgIpc) is 3.50. The summed E-state index contributed by atoms with van der Waals surface area (Å²) in [7, 11) is 0. The van der Waals surface area contributed by atoms with Gasteiger partial charge in [-0.3, -0.25) is 28.8 Å². The molecule has 0 unspecified atom stereocenters. The second-order valence-electron chi connectivity index (χ2n) is 12.4. The monoisotopic (exact) mass is 728 g/mol. The third kappa shape index (κ3) is 16.0. The number of anilines is 1. The van der Waals surface area contributed by atoms with E-state index in [9.17, 15) is 28.8 Å². The number of aromatic nitrogens is 1. The zero-order valence-corrected chi connectivity index (χ0v) is 30.3. The van der Waals surface area contributed by atoms with Gasteiger partial charge in [0.25, 0.3) is 0 Å². The quantitative estimate of drug-likeness (QED) is 0.0805. The molecule has 1 heterocycles. The molecule has 0 saturated carbocycles. The number of hydrogen-bond acceptors (Lipinski definition) is 10. The van der Waals surface area contributed by atoms with Crippen molar-refractivity contribution >= 4 is 51.9 Å². The number of primary amides is 1. The zero-order valence-electron chi connectivity index (χ0n) is 29.5. The van der Waals surface area contributed by atoms with Gasteiger partial charge in [0.05, 0.1) is 18.9 Å². The van der Waals surface area contributed by atoms with Crippen molar-refractivity contribution in [2.24, 2.45) is 5.73 Å². The van der Waals surface area contributed by atoms with Crippen LogP contribution in [0.5, 0.6) is 0 Å². The molecule has 1 aromatic carbocycles. The normalized spacial score (nSPS) is 14.7. The molecule has 1 aliphatic rings. The summed E-state index contributed by atoms with van der Waals surface area (Å²) in [5.74, 6) is -2.29. The first-order valence-corrected chi connectivity index (χ1v) is 18.4. The molecule has 16 heteroatoms. The van der Waals surface area contributed by atoms with E-state index < -0.39 is 29.8 Å². The fourth-order valence-corrected chi connectivity index (χ4v) is 6.44. The van der Waals surface area contributed by atoms with Crippen molar-refractivity contribution in [1.82, 2.24) is 31.6 Å². The molecule has 0 radical (unpaired) electrons. The molecule has 0 bridgehead atoms. The number of carbonyl (C=O) groups excluding carboxylic acids is 6. The molecule has 0 saturated heterocycles. The first-order chi connectivity index (χ1) is 24.5. The molecule has 1 aromatic heterocycles. The van der Waals surface area contributed by atoms with E-state index in [4.69, 9.17) is 10.5 Å². The van der Waals surface area contributed by atoms with Crippen molar-refractivity contribution < 1.29 is 33.5 Å². The number of ether oxygens (including phenoxy) is 1. The van der Waals surface area contributed by atoms with Gasteiger partial charge >= 0.3 is 0 Å². The van der Waals surface area contributed by atoms with Crippen LogP contribution in [0.2, 0.25) is 0 Å². The highest BCUT2D eigenvalue weighted by molar-refractivity contribution is 7.15. The predicted octanol–water partition coefficient (Wildman–Crippen LogP) is 0.856. The van der Waals surface area contributed by atoms with Crippen LogP contribution in [0.25, 0.3) is 0 Å². The molecule has 51 heavy (non-hydrogen) atoms. The lowest BCUT2D eigenvalue weighted by Gasteiger charge is -2.21. The van der Waals surface area contributed by atoms with E-state index >= 15 is 0 Å². The average molecular weight is 729 g/mol. The van der Waals surface area contributed by atoms with Crippen LogP contribution in [0, 0.1) is 0 Å². The van der Waals surface area contributed by atoms with Crippen LogP contribution in [-0.2, 0) is 52.8 Å². The molecule has 1 aliphatic carbocycles. The number of thiazole rings is 1. The Bertz CT molecular complexity index is 1450. The lowest BCUT2D eigenvalue weighted by Crippen LogP contribution is -2.46. The standard InChI is InChI=1S/C35H52N8O7S/c1-3-16-37-25-12-13-26-28(22-25)51-35(42-26)43-30(45)11-7-10-29(44)38-17-14-31(46)40-23(2)34(49)39-18-20-50-19-15-32(47)41-27(33(36)48)21-24-8-5-4-6-9-24/h4-6,8-9,23,25,27,37H,3,7,10-22H2,1-2H3,(H2,36,48)(H,38,44)(H,39,49)(H,40,46)(H,41,47)(H,42,43,45)/t23-,25-,27-/m0/s1. The molecule has 3 rings (SSSR count). The maximum atomic E-state index is 12.4. The molecule has 2 aromatic rings. The SMILES string of the molecule is CCCN[C@H]1CCc2nc(NC(=O)CCCC(=O)NCCC(=O)N[C@@H](C)C(=O)NCCOCCC(=O)N[C@@H](Cc3ccccc3)C(N)=O)sc2C1. The maximum Gasteiger partial charge on any atom is 0.242 e. The van der Waals surface area contributed by atoms with Crippen molar-refractivity contribution in [1.29, 1.82) is 0 Å². The number of nitrogens with zero attached hydrogens (tertiary/aromatic N) is 1. The predicted molar refractivity (Wildman–Crippen MR) is 194 cm³/mol. The molecule has 0 spiro atoms. The minimum absolute atomic E-state index is 0.0115. The van der Waals surface area contributed by atoms with Gasteiger partial charge in [0, 0.05) is 56.1 Å². The molecule has 0 aliphatic heterocycles. The molecule has 280 valence electrons. The maximum absolute atomic E-state index is 12.4. The van der Waals surface area contributed by atoms with E-state index in [0.29, 0.717) is 17.6 Å². The Morgan fingerprint density at radius 2 is 1.65 bits per heavy atom. The first kappa shape index (κ1) is 41.0. The van der Waals surface area contributed by atoms with Crippen LogP contribution >= 0.6 is 11.3 Å². The molecule has 6 amide bonds. The number of benzene rings is 1. The fraction of sp³-hybridized carbons (Fsp3) is 0.571. The van der Waals surface area contributed by atoms with Crippen LogP contribution in [0.4, 0.5) is 5.13 Å². The van der Waals surface area contributed by atoms with E-state index in [1.807, 2.05) is 30.3 Å². The fourth-order valence-electron chi connectivity index (χ4n) is 5.33. The Morgan fingerprint density at radius 1 is 0.902 bits per heavy atom. The number of hydrogen-bond donors (Lipinski definition) is 7. The molecule has 0 fully saturated rings. The largest absolute Gasteiger partial charge is 0.379 e. The Labute approximate surface area is 303 Å². The minimum atomic E-state index is -0.834. The van der Waals surface area contributed by atoms with Gasteiger partial charge in [-0.25, -0.2) is 4.98 Å². The Kier molecular flexibility index (Phi) is 18.0. The Balaban J connectivity index is 1.18. The lowest BCUT2D eigenvalue weighted by atomic mass is 9.98. The number of carbonyl (C=O) groups is 6. The zero-order chi connectivity index (χ0) is 37.0.